The molecule has 0 saturated carbocycles. The van der Waals surface area contributed by atoms with E-state index in [9.17, 15) is 4.79 Å². The third kappa shape index (κ3) is 3.01. The standard InChI is InChI=1S/C14H23N5O/c1-3-19-6-4-10(5-7-19)18(2)13-8-11(14(16)20)12(15)9-17-13/h8-10H,3-7,15H2,1-2H3,(H2,16,20). The van der Waals surface area contributed by atoms with Gasteiger partial charge in [-0.3, -0.25) is 4.79 Å². The summed E-state index contributed by atoms with van der Waals surface area (Å²) < 4.78 is 0. The average molecular weight is 277 g/mol. The Morgan fingerprint density at radius 1 is 1.50 bits per heavy atom. The second kappa shape index (κ2) is 6.09. The number of hydrogen-bond acceptors (Lipinski definition) is 5. The second-order valence-corrected chi connectivity index (χ2v) is 5.27. The molecule has 0 unspecified atom stereocenters. The number of nitrogens with two attached hydrogens (primary N) is 2. The van der Waals surface area contributed by atoms with E-state index >= 15 is 0 Å². The number of carbonyl (C=O) groups is 1. The molecule has 0 spiro atoms. The zero-order valence-corrected chi connectivity index (χ0v) is 12.2. The second-order valence-electron chi connectivity index (χ2n) is 5.27. The van der Waals surface area contributed by atoms with Crippen LogP contribution in [0.2, 0.25) is 0 Å². The number of pyridine rings is 1. The van der Waals surface area contributed by atoms with Crippen LogP contribution in [0, 0.1) is 0 Å². The Bertz CT molecular complexity index is 482. The van der Waals surface area contributed by atoms with Gasteiger partial charge in [0, 0.05) is 26.2 Å². The Morgan fingerprint density at radius 3 is 2.70 bits per heavy atom. The third-order valence-corrected chi connectivity index (χ3v) is 4.10. The normalized spacial score (nSPS) is 17.1. The van der Waals surface area contributed by atoms with Gasteiger partial charge in [0.1, 0.15) is 5.82 Å². The summed E-state index contributed by atoms with van der Waals surface area (Å²) >= 11 is 0. The maximum atomic E-state index is 11.3. The number of hydrogen-bond donors (Lipinski definition) is 2. The van der Waals surface area contributed by atoms with Gasteiger partial charge in [0.2, 0.25) is 0 Å². The number of likely N-dealkylation sites (tertiary alicyclic amines) is 1. The molecule has 0 aliphatic carbocycles. The molecule has 0 bridgehead atoms. The average Bonchev–Trinajstić information content (AvgIpc) is 2.47. The van der Waals surface area contributed by atoms with E-state index in [4.69, 9.17) is 11.5 Å². The summed E-state index contributed by atoms with van der Waals surface area (Å²) in [5.41, 5.74) is 11.7. The van der Waals surface area contributed by atoms with E-state index in [0.717, 1.165) is 38.3 Å². The monoisotopic (exact) mass is 277 g/mol. The lowest BCUT2D eigenvalue weighted by Gasteiger charge is -2.37. The molecular weight excluding hydrogens is 254 g/mol. The SMILES string of the molecule is CCN1CCC(N(C)c2cc(C(N)=O)c(N)cn2)CC1. The Kier molecular flexibility index (Phi) is 4.44. The summed E-state index contributed by atoms with van der Waals surface area (Å²) in [5, 5.41) is 0. The number of aromatic nitrogens is 1. The van der Waals surface area contributed by atoms with Gasteiger partial charge >= 0.3 is 0 Å². The molecule has 1 aromatic heterocycles. The van der Waals surface area contributed by atoms with Crippen molar-refractivity contribution in [3.63, 3.8) is 0 Å². The first-order valence-corrected chi connectivity index (χ1v) is 7.03. The van der Waals surface area contributed by atoms with Gasteiger partial charge in [-0.2, -0.15) is 0 Å². The lowest BCUT2D eigenvalue weighted by molar-refractivity contribution is 0.100. The first-order valence-electron chi connectivity index (χ1n) is 7.03. The van der Waals surface area contributed by atoms with Gasteiger partial charge in [0.05, 0.1) is 17.4 Å². The van der Waals surface area contributed by atoms with E-state index < -0.39 is 5.91 Å². The fourth-order valence-electron chi connectivity index (χ4n) is 2.67. The highest BCUT2D eigenvalue weighted by Gasteiger charge is 2.23. The number of anilines is 2. The van der Waals surface area contributed by atoms with Gasteiger partial charge in [0.15, 0.2) is 0 Å². The molecule has 6 nitrogen and oxygen atoms in total. The number of piperidine rings is 1. The lowest BCUT2D eigenvalue weighted by Crippen LogP contribution is -2.43. The van der Waals surface area contributed by atoms with Gasteiger partial charge in [0.25, 0.3) is 5.91 Å². The van der Waals surface area contributed by atoms with Crippen molar-refractivity contribution in [3.8, 4) is 0 Å². The molecule has 20 heavy (non-hydrogen) atoms. The van der Waals surface area contributed by atoms with Crippen LogP contribution >= 0.6 is 0 Å². The van der Waals surface area contributed by atoms with Crippen molar-refractivity contribution in [3.05, 3.63) is 17.8 Å². The van der Waals surface area contributed by atoms with Gasteiger partial charge in [-0.1, -0.05) is 6.92 Å². The van der Waals surface area contributed by atoms with Crippen LogP contribution in [-0.4, -0.2) is 48.5 Å². The van der Waals surface area contributed by atoms with Gasteiger partial charge < -0.3 is 21.3 Å². The fourth-order valence-corrected chi connectivity index (χ4v) is 2.67. The summed E-state index contributed by atoms with van der Waals surface area (Å²) in [6.07, 6.45) is 3.71. The number of nitrogen functional groups attached to an aromatic ring is 1. The molecule has 6 heteroatoms. The van der Waals surface area contributed by atoms with Crippen molar-refractivity contribution in [2.75, 3.05) is 37.3 Å². The molecule has 1 aromatic rings. The first kappa shape index (κ1) is 14.6. The molecule has 1 saturated heterocycles. The lowest BCUT2D eigenvalue weighted by atomic mass is 10.0. The number of primary amides is 1. The van der Waals surface area contributed by atoms with Crippen LogP contribution < -0.4 is 16.4 Å². The Balaban J connectivity index is 2.11. The molecule has 110 valence electrons. The predicted molar refractivity (Wildman–Crippen MR) is 80.7 cm³/mol. The van der Waals surface area contributed by atoms with Gasteiger partial charge in [-0.25, -0.2) is 4.98 Å². The highest BCUT2D eigenvalue weighted by atomic mass is 16.1. The van der Waals surface area contributed by atoms with E-state index in [2.05, 4.69) is 21.7 Å². The molecular formula is C14H23N5O. The highest BCUT2D eigenvalue weighted by Crippen LogP contribution is 2.23. The number of rotatable bonds is 4. The number of carbonyl (C=O) groups excluding carboxylic acids is 1. The maximum absolute atomic E-state index is 11.3. The molecule has 1 aliphatic rings. The molecule has 0 radical (unpaired) electrons. The molecule has 0 aromatic carbocycles. The number of amides is 1. The van der Waals surface area contributed by atoms with Crippen LogP contribution in [0.1, 0.15) is 30.1 Å². The third-order valence-electron chi connectivity index (χ3n) is 4.10. The molecule has 1 fully saturated rings. The molecule has 1 aliphatic heterocycles. The topological polar surface area (TPSA) is 88.5 Å². The van der Waals surface area contributed by atoms with E-state index in [-0.39, 0.29) is 0 Å². The molecule has 2 heterocycles. The molecule has 1 amide bonds. The first-order chi connectivity index (χ1) is 9.52. The number of nitrogens with zero attached hydrogens (tertiary/aromatic N) is 3. The summed E-state index contributed by atoms with van der Waals surface area (Å²) in [4.78, 5) is 20.2. The molecule has 0 atom stereocenters. The van der Waals surface area contributed by atoms with Crippen molar-refractivity contribution < 1.29 is 4.79 Å². The minimum absolute atomic E-state index is 0.329. The van der Waals surface area contributed by atoms with Crippen LogP contribution in [-0.2, 0) is 0 Å². The van der Waals surface area contributed by atoms with E-state index in [1.165, 1.54) is 6.20 Å². The molecule has 4 N–H and O–H groups in total. The summed E-state index contributed by atoms with van der Waals surface area (Å²) in [6.45, 7) is 5.49. The van der Waals surface area contributed by atoms with Crippen LogP contribution in [0.3, 0.4) is 0 Å². The van der Waals surface area contributed by atoms with Crippen LogP contribution in [0.15, 0.2) is 12.3 Å². The van der Waals surface area contributed by atoms with E-state index in [1.54, 1.807) is 6.07 Å². The minimum atomic E-state index is -0.514. The summed E-state index contributed by atoms with van der Waals surface area (Å²) in [6, 6.07) is 2.12. The van der Waals surface area contributed by atoms with E-state index in [0.29, 0.717) is 17.3 Å². The predicted octanol–water partition coefficient (Wildman–Crippen LogP) is 0.683. The Morgan fingerprint density at radius 2 is 2.15 bits per heavy atom. The largest absolute Gasteiger partial charge is 0.397 e. The molecule has 2 rings (SSSR count). The van der Waals surface area contributed by atoms with E-state index in [1.807, 2.05) is 7.05 Å². The zero-order valence-electron chi connectivity index (χ0n) is 12.2. The zero-order chi connectivity index (χ0) is 14.7. The van der Waals surface area contributed by atoms with Crippen molar-refractivity contribution in [2.24, 2.45) is 5.73 Å². The maximum Gasteiger partial charge on any atom is 0.250 e. The van der Waals surface area contributed by atoms with Crippen molar-refractivity contribution in [1.82, 2.24) is 9.88 Å². The van der Waals surface area contributed by atoms with Gasteiger partial charge in [-0.05, 0) is 25.5 Å². The van der Waals surface area contributed by atoms with Crippen LogP contribution in [0.25, 0.3) is 0 Å². The Labute approximate surface area is 119 Å². The van der Waals surface area contributed by atoms with Crippen LogP contribution in [0.5, 0.6) is 0 Å². The Hall–Kier alpha value is -1.82. The van der Waals surface area contributed by atoms with Crippen molar-refractivity contribution >= 4 is 17.4 Å². The van der Waals surface area contributed by atoms with Crippen molar-refractivity contribution in [2.45, 2.75) is 25.8 Å². The fraction of sp³-hybridized carbons (Fsp3) is 0.571. The summed E-state index contributed by atoms with van der Waals surface area (Å²) in [7, 11) is 2.01. The van der Waals surface area contributed by atoms with Crippen LogP contribution in [0.4, 0.5) is 11.5 Å². The van der Waals surface area contributed by atoms with Crippen molar-refractivity contribution in [1.29, 1.82) is 0 Å². The van der Waals surface area contributed by atoms with Gasteiger partial charge in [-0.15, -0.1) is 0 Å². The minimum Gasteiger partial charge on any atom is -0.397 e. The smallest absolute Gasteiger partial charge is 0.250 e. The summed E-state index contributed by atoms with van der Waals surface area (Å²) in [5.74, 6) is 0.239. The quantitative estimate of drug-likeness (QED) is 0.845. The highest BCUT2D eigenvalue weighted by molar-refractivity contribution is 5.98.